The Morgan fingerprint density at radius 1 is 0.897 bits per heavy atom. The van der Waals surface area contributed by atoms with E-state index in [9.17, 15) is 28.8 Å². The third-order valence-electron chi connectivity index (χ3n) is 3.41. The van der Waals surface area contributed by atoms with Gasteiger partial charge in [0.1, 0.15) is 12.1 Å². The first-order chi connectivity index (χ1) is 13.5. The SMILES string of the molecule is CSCCC(NC(=O)C(N)CC(=O)O)C(=O)NCC(=O)NC(CC(=O)O)C(=O)O. The molecular weight excluding hydrogens is 412 g/mol. The number of carbonyl (C=O) groups excluding carboxylic acids is 3. The Morgan fingerprint density at radius 2 is 1.48 bits per heavy atom. The summed E-state index contributed by atoms with van der Waals surface area (Å²) in [6.45, 7) is -0.658. The van der Waals surface area contributed by atoms with Gasteiger partial charge in [-0.1, -0.05) is 0 Å². The van der Waals surface area contributed by atoms with Crippen molar-refractivity contribution in [1.82, 2.24) is 16.0 Å². The Balaban J connectivity index is 4.82. The molecule has 8 N–H and O–H groups in total. The van der Waals surface area contributed by atoms with Gasteiger partial charge in [0.25, 0.3) is 0 Å². The number of aliphatic carboxylic acids is 3. The zero-order chi connectivity index (χ0) is 22.6. The van der Waals surface area contributed by atoms with Gasteiger partial charge in [0, 0.05) is 0 Å². The van der Waals surface area contributed by atoms with Crippen LogP contribution in [0.2, 0.25) is 0 Å². The molecule has 0 aromatic rings. The van der Waals surface area contributed by atoms with Gasteiger partial charge in [0.15, 0.2) is 0 Å². The van der Waals surface area contributed by atoms with Crippen molar-refractivity contribution in [3.05, 3.63) is 0 Å². The van der Waals surface area contributed by atoms with Crippen LogP contribution in [0.15, 0.2) is 0 Å². The fraction of sp³-hybridized carbons (Fsp3) is 0.600. The number of thioether (sulfide) groups is 1. The van der Waals surface area contributed by atoms with E-state index in [1.807, 2.05) is 5.32 Å². The molecule has 0 aromatic heterocycles. The predicted molar refractivity (Wildman–Crippen MR) is 100.0 cm³/mol. The number of nitrogens with two attached hydrogens (primary N) is 1. The molecule has 3 unspecified atom stereocenters. The second-order valence-electron chi connectivity index (χ2n) is 5.82. The number of amides is 3. The number of carboxylic acid groups (broad SMARTS) is 3. The van der Waals surface area contributed by atoms with Crippen molar-refractivity contribution in [3.63, 3.8) is 0 Å². The van der Waals surface area contributed by atoms with Gasteiger partial charge in [0.05, 0.1) is 25.4 Å². The number of nitrogens with one attached hydrogen (secondary N) is 3. The Kier molecular flexibility index (Phi) is 12.0. The molecule has 0 fully saturated rings. The molecule has 3 amide bonds. The lowest BCUT2D eigenvalue weighted by atomic mass is 10.1. The summed E-state index contributed by atoms with van der Waals surface area (Å²) in [5, 5.41) is 32.6. The number of hydrogen-bond donors (Lipinski definition) is 7. The zero-order valence-electron chi connectivity index (χ0n) is 15.5. The first-order valence-corrected chi connectivity index (χ1v) is 9.65. The summed E-state index contributed by atoms with van der Waals surface area (Å²) in [6, 6.07) is -4.14. The van der Waals surface area contributed by atoms with E-state index in [1.165, 1.54) is 11.8 Å². The second kappa shape index (κ2) is 13.3. The lowest BCUT2D eigenvalue weighted by Crippen LogP contribution is -2.54. The molecule has 0 aliphatic heterocycles. The van der Waals surface area contributed by atoms with Crippen molar-refractivity contribution in [2.24, 2.45) is 5.73 Å². The maximum absolute atomic E-state index is 12.2. The van der Waals surface area contributed by atoms with Crippen LogP contribution < -0.4 is 21.7 Å². The van der Waals surface area contributed by atoms with Crippen molar-refractivity contribution in [1.29, 1.82) is 0 Å². The van der Waals surface area contributed by atoms with Crippen molar-refractivity contribution >= 4 is 47.4 Å². The molecule has 0 saturated carbocycles. The first-order valence-electron chi connectivity index (χ1n) is 8.26. The standard InChI is InChI=1S/C15H24N4O9S/c1-29-3-2-8(19-13(25)7(16)4-11(21)22)14(26)17-6-10(20)18-9(15(27)28)5-12(23)24/h7-9H,2-6,16H2,1H3,(H,17,26)(H,18,20)(H,19,25)(H,21,22)(H,23,24)(H,27,28). The van der Waals surface area contributed by atoms with Crippen molar-refractivity contribution in [2.75, 3.05) is 18.6 Å². The molecule has 0 aromatic carbocycles. The van der Waals surface area contributed by atoms with Gasteiger partial charge in [-0.05, 0) is 18.4 Å². The molecule has 29 heavy (non-hydrogen) atoms. The fourth-order valence-electron chi connectivity index (χ4n) is 1.97. The summed E-state index contributed by atoms with van der Waals surface area (Å²) >= 11 is 1.38. The molecule has 0 aliphatic carbocycles. The summed E-state index contributed by atoms with van der Waals surface area (Å²) in [4.78, 5) is 68.1. The van der Waals surface area contributed by atoms with Crippen LogP contribution in [-0.4, -0.2) is 87.6 Å². The van der Waals surface area contributed by atoms with E-state index in [1.54, 1.807) is 6.26 Å². The van der Waals surface area contributed by atoms with Crippen LogP contribution in [0, 0.1) is 0 Å². The molecule has 13 nitrogen and oxygen atoms in total. The van der Waals surface area contributed by atoms with E-state index in [0.717, 1.165) is 0 Å². The zero-order valence-corrected chi connectivity index (χ0v) is 16.4. The highest BCUT2D eigenvalue weighted by molar-refractivity contribution is 7.98. The van der Waals surface area contributed by atoms with Gasteiger partial charge >= 0.3 is 17.9 Å². The Morgan fingerprint density at radius 3 is 1.97 bits per heavy atom. The minimum Gasteiger partial charge on any atom is -0.481 e. The maximum Gasteiger partial charge on any atom is 0.326 e. The highest BCUT2D eigenvalue weighted by Gasteiger charge is 2.26. The fourth-order valence-corrected chi connectivity index (χ4v) is 2.45. The predicted octanol–water partition coefficient (Wildman–Crippen LogP) is -2.81. The topological polar surface area (TPSA) is 225 Å². The van der Waals surface area contributed by atoms with Crippen LogP contribution in [0.25, 0.3) is 0 Å². The molecule has 0 aliphatic rings. The van der Waals surface area contributed by atoms with Gasteiger partial charge < -0.3 is 37.0 Å². The van der Waals surface area contributed by atoms with E-state index in [2.05, 4.69) is 10.6 Å². The number of rotatable bonds is 14. The number of carboxylic acids is 3. The normalized spacial score (nSPS) is 13.4. The quantitative estimate of drug-likeness (QED) is 0.147. The molecule has 0 rings (SSSR count). The summed E-state index contributed by atoms with van der Waals surface area (Å²) in [6.07, 6.45) is 0.444. The van der Waals surface area contributed by atoms with E-state index in [-0.39, 0.29) is 6.42 Å². The lowest BCUT2D eigenvalue weighted by Gasteiger charge is -2.20. The first kappa shape index (κ1) is 26.1. The van der Waals surface area contributed by atoms with Gasteiger partial charge in [-0.3, -0.25) is 24.0 Å². The Labute approximate surface area is 169 Å². The molecule has 164 valence electrons. The van der Waals surface area contributed by atoms with E-state index < -0.39 is 73.1 Å². The lowest BCUT2D eigenvalue weighted by molar-refractivity contribution is -0.147. The number of hydrogen-bond acceptors (Lipinski definition) is 8. The molecule has 0 radical (unpaired) electrons. The summed E-state index contributed by atoms with van der Waals surface area (Å²) in [5.41, 5.74) is 5.44. The molecule has 0 bridgehead atoms. The van der Waals surface area contributed by atoms with E-state index in [0.29, 0.717) is 5.75 Å². The summed E-state index contributed by atoms with van der Waals surface area (Å²) < 4.78 is 0. The van der Waals surface area contributed by atoms with Crippen molar-refractivity contribution < 1.29 is 44.1 Å². The van der Waals surface area contributed by atoms with Crippen LogP contribution in [0.1, 0.15) is 19.3 Å². The van der Waals surface area contributed by atoms with Gasteiger partial charge in [0.2, 0.25) is 17.7 Å². The van der Waals surface area contributed by atoms with E-state index in [4.69, 9.17) is 21.1 Å². The molecular formula is C15H24N4O9S. The summed E-state index contributed by atoms with van der Waals surface area (Å²) in [5.74, 6) is -6.38. The molecule has 14 heteroatoms. The van der Waals surface area contributed by atoms with E-state index >= 15 is 0 Å². The third-order valence-corrected chi connectivity index (χ3v) is 4.05. The van der Waals surface area contributed by atoms with Gasteiger partial charge in [-0.15, -0.1) is 0 Å². The summed E-state index contributed by atoms with van der Waals surface area (Å²) in [7, 11) is 0. The third kappa shape index (κ3) is 11.5. The second-order valence-corrected chi connectivity index (χ2v) is 6.81. The molecule has 3 atom stereocenters. The van der Waals surface area contributed by atoms with Crippen LogP contribution >= 0.6 is 11.8 Å². The molecule has 0 heterocycles. The smallest absolute Gasteiger partial charge is 0.326 e. The highest BCUT2D eigenvalue weighted by atomic mass is 32.2. The largest absolute Gasteiger partial charge is 0.481 e. The van der Waals surface area contributed by atoms with Crippen molar-refractivity contribution in [3.8, 4) is 0 Å². The molecule has 0 saturated heterocycles. The van der Waals surface area contributed by atoms with Crippen LogP contribution in [0.5, 0.6) is 0 Å². The van der Waals surface area contributed by atoms with Crippen LogP contribution in [0.4, 0.5) is 0 Å². The minimum absolute atomic E-state index is 0.164. The average molecular weight is 436 g/mol. The minimum atomic E-state index is -1.67. The monoisotopic (exact) mass is 436 g/mol. The Bertz CT molecular complexity index is 643. The van der Waals surface area contributed by atoms with Crippen LogP contribution in [0.3, 0.4) is 0 Å². The Hall–Kier alpha value is -2.87. The molecule has 0 spiro atoms. The van der Waals surface area contributed by atoms with Crippen LogP contribution in [-0.2, 0) is 28.8 Å². The van der Waals surface area contributed by atoms with Crippen molar-refractivity contribution in [2.45, 2.75) is 37.4 Å². The van der Waals surface area contributed by atoms with Gasteiger partial charge in [-0.25, -0.2) is 4.79 Å². The maximum atomic E-state index is 12.2. The average Bonchev–Trinajstić information content (AvgIpc) is 2.61. The number of carbonyl (C=O) groups is 6. The highest BCUT2D eigenvalue weighted by Crippen LogP contribution is 2.02. The van der Waals surface area contributed by atoms with Gasteiger partial charge in [-0.2, -0.15) is 11.8 Å².